The van der Waals surface area contributed by atoms with Gasteiger partial charge in [-0.15, -0.1) is 0 Å². The molecule has 0 heterocycles. The largest absolute Gasteiger partial charge is 0.207 e. The Kier molecular flexibility index (Phi) is 1.53. The van der Waals surface area contributed by atoms with Gasteiger partial charge in [0, 0.05) is 6.07 Å². The first kappa shape index (κ1) is 5.88. The Morgan fingerprint density at radius 2 is 2.22 bits per heavy atom. The summed E-state index contributed by atoms with van der Waals surface area (Å²) >= 11 is 0. The van der Waals surface area contributed by atoms with Crippen LogP contribution in [-0.4, -0.2) is 0 Å². The summed E-state index contributed by atoms with van der Waals surface area (Å²) in [7, 11) is 0. The second kappa shape index (κ2) is 2.35. The summed E-state index contributed by atoms with van der Waals surface area (Å²) in [6.07, 6.45) is 0. The molecule has 1 N–H and O–H groups in total. The Bertz CT molecular complexity index is 222. The van der Waals surface area contributed by atoms with Crippen LogP contribution in [0.2, 0.25) is 0 Å². The fourth-order valence-corrected chi connectivity index (χ4v) is 0.546. The fraction of sp³-hybridized carbons (Fsp3) is 0. The van der Waals surface area contributed by atoms with E-state index in [4.69, 9.17) is 5.53 Å². The molecule has 0 aliphatic heterocycles. The monoisotopic (exact) mass is 124 g/mol. The highest BCUT2D eigenvalue weighted by molar-refractivity contribution is 5.35. The van der Waals surface area contributed by atoms with Crippen molar-refractivity contribution < 1.29 is 4.39 Å². The molecule has 1 aromatic rings. The lowest BCUT2D eigenvalue weighted by molar-refractivity contribution is 0.628. The molecule has 0 spiro atoms. The minimum Gasteiger partial charge on any atom is -0.207 e. The zero-order valence-corrected chi connectivity index (χ0v) is 4.63. The van der Waals surface area contributed by atoms with Gasteiger partial charge in [0.2, 0.25) is 0 Å². The van der Waals surface area contributed by atoms with E-state index in [1.54, 1.807) is 6.07 Å². The topological polar surface area (TPSA) is 36.2 Å². The lowest BCUT2D eigenvalue weighted by Gasteiger charge is -1.87. The van der Waals surface area contributed by atoms with Gasteiger partial charge < -0.3 is 0 Å². The molecule has 1 aromatic carbocycles. The summed E-state index contributed by atoms with van der Waals surface area (Å²) in [5.41, 5.74) is 6.84. The predicted octanol–water partition coefficient (Wildman–Crippen LogP) is 2.49. The van der Waals surface area contributed by atoms with E-state index in [-0.39, 0.29) is 5.82 Å². The molecule has 3 heteroatoms. The molecule has 1 rings (SSSR count). The maximum atomic E-state index is 12.2. The quantitative estimate of drug-likeness (QED) is 0.558. The maximum Gasteiger partial charge on any atom is 0.125 e. The van der Waals surface area contributed by atoms with Gasteiger partial charge in [-0.05, 0) is 12.1 Å². The molecule has 0 radical (unpaired) electrons. The van der Waals surface area contributed by atoms with Crippen LogP contribution in [0.4, 0.5) is 10.1 Å². The van der Waals surface area contributed by atoms with E-state index in [0.717, 1.165) is 0 Å². The Morgan fingerprint density at radius 1 is 1.44 bits per heavy atom. The van der Waals surface area contributed by atoms with Crippen LogP contribution in [0.1, 0.15) is 0 Å². The van der Waals surface area contributed by atoms with Crippen LogP contribution in [-0.2, 0) is 0 Å². The van der Waals surface area contributed by atoms with Crippen LogP contribution < -0.4 is 0 Å². The summed E-state index contributed by atoms with van der Waals surface area (Å²) in [6, 6.07) is 5.60. The molecule has 0 aromatic heterocycles. The Labute approximate surface area is 51.8 Å². The molecule has 0 aliphatic carbocycles. The van der Waals surface area contributed by atoms with Gasteiger partial charge in [0.1, 0.15) is 5.82 Å². The van der Waals surface area contributed by atoms with Crippen molar-refractivity contribution in [2.75, 3.05) is 0 Å². The molecule has 0 unspecified atom stereocenters. The molecule has 0 amide bonds. The van der Waals surface area contributed by atoms with E-state index in [1.807, 2.05) is 0 Å². The van der Waals surface area contributed by atoms with Crippen molar-refractivity contribution in [1.29, 1.82) is 5.53 Å². The third-order valence-corrected chi connectivity index (χ3v) is 0.937. The number of halogens is 1. The lowest BCUT2D eigenvalue weighted by atomic mass is 10.3. The van der Waals surface area contributed by atoms with Crippen LogP contribution in [0, 0.1) is 11.3 Å². The second-order valence-corrected chi connectivity index (χ2v) is 1.59. The van der Waals surface area contributed by atoms with E-state index in [1.165, 1.54) is 18.2 Å². The van der Waals surface area contributed by atoms with Crippen molar-refractivity contribution in [3.05, 3.63) is 30.1 Å². The van der Waals surface area contributed by atoms with E-state index >= 15 is 0 Å². The molecular formula is C6H5FN2. The number of rotatable bonds is 1. The fourth-order valence-electron chi connectivity index (χ4n) is 0.546. The minimum absolute atomic E-state index is 0.343. The third-order valence-electron chi connectivity index (χ3n) is 0.937. The molecule has 0 saturated carbocycles. The summed E-state index contributed by atoms with van der Waals surface area (Å²) in [6.45, 7) is 0. The first-order chi connectivity index (χ1) is 4.33. The number of nitrogens with zero attached hydrogens (tertiary/aromatic N) is 1. The molecule has 9 heavy (non-hydrogen) atoms. The van der Waals surface area contributed by atoms with Gasteiger partial charge >= 0.3 is 0 Å². The van der Waals surface area contributed by atoms with Gasteiger partial charge in [0.15, 0.2) is 0 Å². The average molecular weight is 124 g/mol. The van der Waals surface area contributed by atoms with Crippen LogP contribution in [0.3, 0.4) is 0 Å². The molecule has 46 valence electrons. The molecule has 2 nitrogen and oxygen atoms in total. The van der Waals surface area contributed by atoms with E-state index < -0.39 is 0 Å². The highest BCUT2D eigenvalue weighted by atomic mass is 19.1. The molecule has 0 fully saturated rings. The molecule has 0 saturated heterocycles. The van der Waals surface area contributed by atoms with Gasteiger partial charge in [0.25, 0.3) is 0 Å². The molecule has 0 atom stereocenters. The normalized spacial score (nSPS) is 9.00. The summed E-state index contributed by atoms with van der Waals surface area (Å²) in [4.78, 5) is 0. The van der Waals surface area contributed by atoms with Gasteiger partial charge in [-0.2, -0.15) is 5.11 Å². The Morgan fingerprint density at radius 3 is 2.67 bits per heavy atom. The molecule has 0 aliphatic rings. The summed E-state index contributed by atoms with van der Waals surface area (Å²) in [5, 5.41) is 3.04. The van der Waals surface area contributed by atoms with Crippen molar-refractivity contribution >= 4 is 5.69 Å². The van der Waals surface area contributed by atoms with Crippen molar-refractivity contribution in [2.45, 2.75) is 0 Å². The van der Waals surface area contributed by atoms with E-state index in [9.17, 15) is 4.39 Å². The second-order valence-electron chi connectivity index (χ2n) is 1.59. The Hall–Kier alpha value is -1.25. The number of hydrogen-bond donors (Lipinski definition) is 1. The first-order valence-corrected chi connectivity index (χ1v) is 2.46. The lowest BCUT2D eigenvalue weighted by Crippen LogP contribution is -1.68. The standard InChI is InChI=1S/C6H5FN2/c7-5-2-1-3-6(4-5)9-8/h1-4,8H. The van der Waals surface area contributed by atoms with Crippen molar-refractivity contribution in [2.24, 2.45) is 5.11 Å². The molecular weight excluding hydrogens is 119 g/mol. The highest BCUT2D eigenvalue weighted by Gasteiger charge is 1.88. The number of benzene rings is 1. The first-order valence-electron chi connectivity index (χ1n) is 2.46. The highest BCUT2D eigenvalue weighted by Crippen LogP contribution is 2.11. The number of nitrogens with one attached hydrogen (secondary N) is 1. The zero-order chi connectivity index (χ0) is 6.69. The zero-order valence-electron chi connectivity index (χ0n) is 4.63. The van der Waals surface area contributed by atoms with Gasteiger partial charge in [0.05, 0.1) is 5.69 Å². The Balaban J connectivity index is 3.07. The number of hydrogen-bond acceptors (Lipinski definition) is 2. The van der Waals surface area contributed by atoms with E-state index in [2.05, 4.69) is 5.11 Å². The van der Waals surface area contributed by atoms with Crippen molar-refractivity contribution in [1.82, 2.24) is 0 Å². The summed E-state index contributed by atoms with van der Waals surface area (Å²) in [5.74, 6) is -0.358. The van der Waals surface area contributed by atoms with Crippen molar-refractivity contribution in [3.63, 3.8) is 0 Å². The minimum atomic E-state index is -0.358. The SMILES string of the molecule is N=Nc1cccc(F)c1. The van der Waals surface area contributed by atoms with E-state index in [0.29, 0.717) is 5.69 Å². The van der Waals surface area contributed by atoms with Crippen LogP contribution in [0.25, 0.3) is 0 Å². The average Bonchev–Trinajstić information content (AvgIpc) is 1.88. The van der Waals surface area contributed by atoms with Crippen LogP contribution in [0.5, 0.6) is 0 Å². The van der Waals surface area contributed by atoms with Gasteiger partial charge in [-0.1, -0.05) is 6.07 Å². The van der Waals surface area contributed by atoms with Gasteiger partial charge in [-0.3, -0.25) is 0 Å². The summed E-state index contributed by atoms with van der Waals surface area (Å²) < 4.78 is 12.2. The predicted molar refractivity (Wildman–Crippen MR) is 31.2 cm³/mol. The van der Waals surface area contributed by atoms with Crippen molar-refractivity contribution in [3.8, 4) is 0 Å². The smallest absolute Gasteiger partial charge is 0.125 e. The van der Waals surface area contributed by atoms with Crippen LogP contribution in [0.15, 0.2) is 29.4 Å². The molecule has 0 bridgehead atoms. The maximum absolute atomic E-state index is 12.2. The van der Waals surface area contributed by atoms with Gasteiger partial charge in [-0.25, -0.2) is 9.92 Å². The van der Waals surface area contributed by atoms with Crippen LogP contribution >= 0.6 is 0 Å². The third kappa shape index (κ3) is 1.32.